The number of carboxylic acid groups (broad SMARTS) is 1. The van der Waals surface area contributed by atoms with Crippen molar-refractivity contribution in [2.75, 3.05) is 17.6 Å². The molecule has 2 atom stereocenters. The average molecular weight is 593 g/mol. The highest BCUT2D eigenvalue weighted by atomic mass is 19.4. The molecule has 16 heteroatoms. The van der Waals surface area contributed by atoms with Crippen molar-refractivity contribution in [1.82, 2.24) is 24.3 Å². The smallest absolute Gasteiger partial charge is 0.416 e. The second kappa shape index (κ2) is 10.5. The van der Waals surface area contributed by atoms with Gasteiger partial charge in [0, 0.05) is 42.2 Å². The van der Waals surface area contributed by atoms with Crippen molar-refractivity contribution in [3.63, 3.8) is 0 Å². The van der Waals surface area contributed by atoms with E-state index in [1.807, 2.05) is 0 Å². The Kier molecular flexibility index (Phi) is 7.16. The number of halogens is 6. The molecule has 1 aliphatic heterocycles. The first-order valence-electron chi connectivity index (χ1n) is 12.4. The third kappa shape index (κ3) is 5.51. The van der Waals surface area contributed by atoms with Gasteiger partial charge in [-0.2, -0.15) is 26.3 Å². The number of anilines is 2. The molecule has 4 N–H and O–H groups in total. The molecule has 0 unspecified atom stereocenters. The fourth-order valence-corrected chi connectivity index (χ4v) is 4.95. The lowest BCUT2D eigenvalue weighted by molar-refractivity contribution is -0.186. The Balaban J connectivity index is 1.44. The summed E-state index contributed by atoms with van der Waals surface area (Å²) >= 11 is 0. The number of benzene rings is 1. The van der Waals surface area contributed by atoms with Crippen LogP contribution >= 0.6 is 0 Å². The van der Waals surface area contributed by atoms with Crippen molar-refractivity contribution < 1.29 is 41.0 Å². The largest absolute Gasteiger partial charge is 0.465 e. The van der Waals surface area contributed by atoms with E-state index in [4.69, 9.17) is 5.73 Å². The lowest BCUT2D eigenvalue weighted by Crippen LogP contribution is -2.52. The number of amides is 2. The summed E-state index contributed by atoms with van der Waals surface area (Å²) in [6.45, 7) is -0.441. The third-order valence-corrected chi connectivity index (χ3v) is 6.93. The van der Waals surface area contributed by atoms with Gasteiger partial charge < -0.3 is 16.2 Å². The van der Waals surface area contributed by atoms with Gasteiger partial charge in [-0.3, -0.25) is 14.1 Å². The second-order valence-corrected chi connectivity index (χ2v) is 9.58. The fraction of sp³-hybridized carbons (Fsp3) is 0.269. The molecule has 0 saturated carbocycles. The highest BCUT2D eigenvalue weighted by Gasteiger charge is 2.49. The maximum Gasteiger partial charge on any atom is 0.416 e. The van der Waals surface area contributed by atoms with Gasteiger partial charge in [0.2, 0.25) is 0 Å². The van der Waals surface area contributed by atoms with Crippen molar-refractivity contribution >= 4 is 29.2 Å². The third-order valence-electron chi connectivity index (χ3n) is 6.93. The van der Waals surface area contributed by atoms with Crippen LogP contribution in [0.2, 0.25) is 0 Å². The van der Waals surface area contributed by atoms with Crippen molar-refractivity contribution in [2.24, 2.45) is 0 Å². The molecular formula is C26H21F6N7O3. The molecule has 1 saturated heterocycles. The summed E-state index contributed by atoms with van der Waals surface area (Å²) in [5, 5.41) is 11.8. The van der Waals surface area contributed by atoms with Gasteiger partial charge in [0.25, 0.3) is 5.91 Å². The Hall–Kier alpha value is -4.89. The Bertz CT molecular complexity index is 1650. The van der Waals surface area contributed by atoms with E-state index in [-0.39, 0.29) is 23.6 Å². The monoisotopic (exact) mass is 593 g/mol. The summed E-state index contributed by atoms with van der Waals surface area (Å²) in [7, 11) is 0. The number of pyridine rings is 1. The van der Waals surface area contributed by atoms with Gasteiger partial charge in [0.15, 0.2) is 0 Å². The zero-order valence-electron chi connectivity index (χ0n) is 21.3. The highest BCUT2D eigenvalue weighted by molar-refractivity contribution is 6.04. The van der Waals surface area contributed by atoms with Crippen LogP contribution in [0.25, 0.3) is 16.8 Å². The number of fused-ring (bicyclic) bond motifs is 1. The maximum absolute atomic E-state index is 13.5. The number of rotatable bonds is 4. The number of nitrogen functional groups attached to an aromatic ring is 1. The number of likely N-dealkylation sites (tertiary alicyclic amines) is 1. The van der Waals surface area contributed by atoms with Crippen LogP contribution in [0.1, 0.15) is 40.5 Å². The molecule has 10 nitrogen and oxygen atoms in total. The van der Waals surface area contributed by atoms with Gasteiger partial charge in [-0.15, -0.1) is 0 Å². The van der Waals surface area contributed by atoms with E-state index in [2.05, 4.69) is 20.3 Å². The molecule has 0 spiro atoms. The molecular weight excluding hydrogens is 572 g/mol. The van der Waals surface area contributed by atoms with E-state index in [1.54, 1.807) is 4.40 Å². The van der Waals surface area contributed by atoms with E-state index < -0.39 is 54.8 Å². The summed E-state index contributed by atoms with van der Waals surface area (Å²) in [6, 6.07) is 5.17. The van der Waals surface area contributed by atoms with Crippen LogP contribution in [-0.2, 0) is 6.18 Å². The van der Waals surface area contributed by atoms with Crippen LogP contribution in [0.15, 0.2) is 55.0 Å². The molecule has 2 amide bonds. The van der Waals surface area contributed by atoms with Gasteiger partial charge in [-0.1, -0.05) is 12.1 Å². The number of alkyl halides is 6. The van der Waals surface area contributed by atoms with Gasteiger partial charge >= 0.3 is 18.4 Å². The summed E-state index contributed by atoms with van der Waals surface area (Å²) < 4.78 is 80.9. The van der Waals surface area contributed by atoms with Crippen LogP contribution < -0.4 is 11.1 Å². The quantitative estimate of drug-likeness (QED) is 0.268. The number of nitrogens with one attached hydrogen (secondary N) is 1. The Morgan fingerprint density at radius 3 is 2.36 bits per heavy atom. The number of hydrogen-bond donors (Lipinski definition) is 3. The van der Waals surface area contributed by atoms with Crippen molar-refractivity contribution in [3.8, 4) is 11.3 Å². The van der Waals surface area contributed by atoms with E-state index in [9.17, 15) is 41.0 Å². The molecule has 220 valence electrons. The summed E-state index contributed by atoms with van der Waals surface area (Å²) in [6.07, 6.45) is -7.65. The van der Waals surface area contributed by atoms with Crippen LogP contribution in [0.4, 0.5) is 42.8 Å². The minimum atomic E-state index is -4.72. The Morgan fingerprint density at radius 2 is 1.71 bits per heavy atom. The first kappa shape index (κ1) is 28.6. The Morgan fingerprint density at radius 1 is 1.00 bits per heavy atom. The van der Waals surface area contributed by atoms with Gasteiger partial charge in [0.1, 0.15) is 34.7 Å². The summed E-state index contributed by atoms with van der Waals surface area (Å²) in [5.41, 5.74) is 6.31. The van der Waals surface area contributed by atoms with E-state index >= 15 is 0 Å². The van der Waals surface area contributed by atoms with Gasteiger partial charge in [-0.25, -0.2) is 19.7 Å². The fourth-order valence-electron chi connectivity index (χ4n) is 4.95. The average Bonchev–Trinajstić information content (AvgIpc) is 3.33. The van der Waals surface area contributed by atoms with E-state index in [1.165, 1.54) is 36.7 Å². The van der Waals surface area contributed by atoms with Crippen molar-refractivity contribution in [2.45, 2.75) is 37.2 Å². The number of piperidine rings is 1. The van der Waals surface area contributed by atoms with E-state index in [0.717, 1.165) is 12.3 Å². The molecule has 42 heavy (non-hydrogen) atoms. The minimum absolute atomic E-state index is 0.0113. The zero-order valence-corrected chi connectivity index (χ0v) is 21.3. The number of nitrogens with two attached hydrogens (primary N) is 1. The van der Waals surface area contributed by atoms with Crippen molar-refractivity contribution in [3.05, 3.63) is 71.9 Å². The molecule has 0 radical (unpaired) electrons. The highest BCUT2D eigenvalue weighted by Crippen LogP contribution is 2.39. The molecule has 0 bridgehead atoms. The summed E-state index contributed by atoms with van der Waals surface area (Å²) in [5.74, 6) is -1.35. The molecule has 1 aromatic carbocycles. The molecule has 5 rings (SSSR count). The van der Waals surface area contributed by atoms with Crippen LogP contribution in [0.5, 0.6) is 0 Å². The normalized spacial score (nSPS) is 17.8. The second-order valence-electron chi connectivity index (χ2n) is 9.58. The number of imidazole rings is 1. The molecule has 4 heterocycles. The predicted molar refractivity (Wildman–Crippen MR) is 137 cm³/mol. The van der Waals surface area contributed by atoms with Crippen LogP contribution in [0, 0.1) is 0 Å². The van der Waals surface area contributed by atoms with E-state index in [0.29, 0.717) is 33.6 Å². The van der Waals surface area contributed by atoms with Crippen molar-refractivity contribution in [1.29, 1.82) is 0 Å². The lowest BCUT2D eigenvalue weighted by Gasteiger charge is -2.38. The molecule has 0 aliphatic carbocycles. The van der Waals surface area contributed by atoms with Gasteiger partial charge in [0.05, 0.1) is 5.56 Å². The topological polar surface area (TPSA) is 139 Å². The number of aromatic nitrogens is 4. The number of carbonyl (C=O) groups excluding carboxylic acids is 1. The number of nitrogens with zero attached hydrogens (tertiary/aromatic N) is 5. The Labute approximate surface area is 232 Å². The zero-order chi connectivity index (χ0) is 30.4. The predicted octanol–water partition coefficient (Wildman–Crippen LogP) is 5.43. The SMILES string of the molecule is Nc1nccn2c([C@H]3CC[C@H](C(F)(F)F)N(C(=O)O)C3)nc(-c3ccc(C(=O)Nc4cc(C(F)(F)F)ccn4)cc3)c12. The first-order valence-corrected chi connectivity index (χ1v) is 12.4. The number of hydrogen-bond acceptors (Lipinski definition) is 6. The van der Waals surface area contributed by atoms with Gasteiger partial charge in [-0.05, 0) is 37.1 Å². The lowest BCUT2D eigenvalue weighted by atomic mass is 9.92. The molecule has 1 aliphatic rings. The van der Waals surface area contributed by atoms with Crippen LogP contribution in [-0.4, -0.2) is 60.1 Å². The van der Waals surface area contributed by atoms with Crippen LogP contribution in [0.3, 0.4) is 0 Å². The first-order chi connectivity index (χ1) is 19.7. The molecule has 4 aromatic rings. The molecule has 3 aromatic heterocycles. The number of carbonyl (C=O) groups is 2. The summed E-state index contributed by atoms with van der Waals surface area (Å²) in [4.78, 5) is 37.1. The molecule has 1 fully saturated rings. The standard InChI is InChI=1S/C26H21F6N7O3/c27-25(28,29)16-7-8-34-18(11-16)36-23(40)14-3-1-13(2-4-14)19-20-21(33)35-9-10-38(20)22(37-19)15-5-6-17(26(30,31)32)39(12-15)24(41)42/h1-4,7-11,15,17H,5-6,12H2,(H2,33,35)(H,41,42)(H,34,36,40)/t15-,17+/m0/s1. The maximum atomic E-state index is 13.5. The minimum Gasteiger partial charge on any atom is -0.465 e.